The number of hydrogen-bond donors (Lipinski definition) is 1. The van der Waals surface area contributed by atoms with Crippen LogP contribution in [-0.4, -0.2) is 17.2 Å². The van der Waals surface area contributed by atoms with Gasteiger partial charge in [0.05, 0.1) is 11.7 Å². The molecule has 0 atom stereocenters. The molecule has 2 aromatic carbocycles. The van der Waals surface area contributed by atoms with Crippen LogP contribution in [0.2, 0.25) is 0 Å². The van der Waals surface area contributed by atoms with E-state index < -0.39 is 11.8 Å². The summed E-state index contributed by atoms with van der Waals surface area (Å²) in [5.41, 5.74) is 1.52. The highest BCUT2D eigenvalue weighted by Gasteiger charge is 2.12. The van der Waals surface area contributed by atoms with Gasteiger partial charge >= 0.3 is 5.97 Å². The smallest absolute Gasteiger partial charge is 0.336 e. The van der Waals surface area contributed by atoms with Crippen molar-refractivity contribution >= 4 is 17.6 Å². The molecule has 0 radical (unpaired) electrons. The molecular weight excluding hydrogens is 295 g/mol. The van der Waals surface area contributed by atoms with E-state index in [9.17, 15) is 14.3 Å². The minimum atomic E-state index is -1.11. The third kappa shape index (κ3) is 4.42. The van der Waals surface area contributed by atoms with Crippen molar-refractivity contribution in [1.82, 2.24) is 0 Å². The van der Waals surface area contributed by atoms with Gasteiger partial charge < -0.3 is 9.84 Å². The van der Waals surface area contributed by atoms with Crippen molar-refractivity contribution in [3.8, 4) is 5.75 Å². The molecule has 0 saturated heterocycles. The van der Waals surface area contributed by atoms with E-state index in [-0.39, 0.29) is 11.7 Å². The summed E-state index contributed by atoms with van der Waals surface area (Å²) in [5, 5.41) is 9.44. The maximum Gasteiger partial charge on any atom is 0.336 e. The van der Waals surface area contributed by atoms with Gasteiger partial charge in [-0.15, -0.1) is 0 Å². The Kier molecular flexibility index (Phi) is 5.16. The van der Waals surface area contributed by atoms with Crippen molar-refractivity contribution in [1.29, 1.82) is 0 Å². The third-order valence-electron chi connectivity index (χ3n) is 3.25. The van der Waals surface area contributed by atoms with Crippen molar-refractivity contribution in [3.05, 3.63) is 65.0 Å². The van der Waals surface area contributed by atoms with Gasteiger partial charge in [-0.05, 0) is 61.7 Å². The summed E-state index contributed by atoms with van der Waals surface area (Å²) in [6, 6.07) is 11.5. The van der Waals surface area contributed by atoms with Crippen LogP contribution in [0, 0.1) is 12.7 Å². The van der Waals surface area contributed by atoms with Crippen LogP contribution in [0.4, 0.5) is 4.39 Å². The van der Waals surface area contributed by atoms with Gasteiger partial charge in [0.25, 0.3) is 0 Å². The molecule has 0 spiro atoms. The summed E-state index contributed by atoms with van der Waals surface area (Å²) >= 11 is 0. The van der Waals surface area contributed by atoms with Gasteiger partial charge in [0.15, 0.2) is 0 Å². The summed E-state index contributed by atoms with van der Waals surface area (Å²) in [6.07, 6.45) is 1.54. The lowest BCUT2D eigenvalue weighted by atomic mass is 10.0. The number of halogens is 1. The number of carboxylic acid groups (broad SMARTS) is 1. The molecule has 0 aromatic heterocycles. The van der Waals surface area contributed by atoms with Crippen molar-refractivity contribution < 1.29 is 19.0 Å². The highest BCUT2D eigenvalue weighted by molar-refractivity contribution is 6.20. The Morgan fingerprint density at radius 3 is 2.57 bits per heavy atom. The summed E-state index contributed by atoms with van der Waals surface area (Å²) in [4.78, 5) is 11.5. The number of aryl methyl sites for hydroxylation is 1. The molecule has 0 bridgehead atoms. The Balaban J connectivity index is 2.43. The number of rotatable bonds is 5. The second-order valence-corrected chi connectivity index (χ2v) is 5.57. The fraction of sp³-hybridized carbons (Fsp3) is 0.211. The van der Waals surface area contributed by atoms with Crippen LogP contribution in [0.3, 0.4) is 0 Å². The number of hydrogen-bond acceptors (Lipinski definition) is 2. The third-order valence-corrected chi connectivity index (χ3v) is 3.25. The lowest BCUT2D eigenvalue weighted by Gasteiger charge is -2.10. The molecule has 1 N–H and O–H groups in total. The summed E-state index contributed by atoms with van der Waals surface area (Å²) in [7, 11) is 0. The minimum Gasteiger partial charge on any atom is -0.491 e. The number of carbonyl (C=O) groups is 1. The van der Waals surface area contributed by atoms with Crippen LogP contribution in [0.1, 0.15) is 30.5 Å². The fourth-order valence-electron chi connectivity index (χ4n) is 2.15. The van der Waals surface area contributed by atoms with E-state index in [1.165, 1.54) is 12.1 Å². The molecule has 0 aliphatic carbocycles. The first-order chi connectivity index (χ1) is 10.9. The van der Waals surface area contributed by atoms with Crippen LogP contribution < -0.4 is 4.74 Å². The average Bonchev–Trinajstić information content (AvgIpc) is 2.47. The second kappa shape index (κ2) is 7.09. The zero-order chi connectivity index (χ0) is 17.0. The largest absolute Gasteiger partial charge is 0.491 e. The molecule has 0 unspecified atom stereocenters. The Hall–Kier alpha value is -2.62. The Labute approximate surface area is 135 Å². The molecule has 120 valence electrons. The number of aliphatic carboxylic acids is 1. The monoisotopic (exact) mass is 314 g/mol. The normalized spacial score (nSPS) is 11.6. The van der Waals surface area contributed by atoms with Crippen LogP contribution in [0.25, 0.3) is 11.6 Å². The quantitative estimate of drug-likeness (QED) is 0.650. The van der Waals surface area contributed by atoms with E-state index in [2.05, 4.69) is 0 Å². The van der Waals surface area contributed by atoms with Crippen LogP contribution in [0.15, 0.2) is 42.5 Å². The van der Waals surface area contributed by atoms with Crippen molar-refractivity contribution in [3.63, 3.8) is 0 Å². The molecule has 2 aromatic rings. The Bertz CT molecular complexity index is 748. The average molecular weight is 314 g/mol. The summed E-state index contributed by atoms with van der Waals surface area (Å²) < 4.78 is 19.3. The molecule has 3 nitrogen and oxygen atoms in total. The topological polar surface area (TPSA) is 46.5 Å². The fourth-order valence-corrected chi connectivity index (χ4v) is 2.15. The van der Waals surface area contributed by atoms with Crippen LogP contribution in [0.5, 0.6) is 5.75 Å². The molecule has 0 aliphatic rings. The molecule has 0 amide bonds. The maximum absolute atomic E-state index is 13.7. The van der Waals surface area contributed by atoms with Gasteiger partial charge in [0.1, 0.15) is 11.6 Å². The standard InChI is InChI=1S/C19H19FO3/c1-12(2)23-16-6-4-5-14(9-16)10-17(19(21)22)15-8-7-13(3)18(20)11-15/h4-12H,1-3H3,(H,21,22)/b17-10-. The first-order valence-electron chi connectivity index (χ1n) is 7.35. The van der Waals surface area contributed by atoms with E-state index in [0.29, 0.717) is 22.4 Å². The summed E-state index contributed by atoms with van der Waals surface area (Å²) in [6.45, 7) is 5.47. The summed E-state index contributed by atoms with van der Waals surface area (Å²) in [5.74, 6) is -0.872. The van der Waals surface area contributed by atoms with E-state index in [1.807, 2.05) is 19.9 Å². The molecule has 0 saturated carbocycles. The van der Waals surface area contributed by atoms with Gasteiger partial charge in [-0.2, -0.15) is 0 Å². The first kappa shape index (κ1) is 16.7. The molecule has 0 fully saturated rings. The van der Waals surface area contributed by atoms with Gasteiger partial charge in [0.2, 0.25) is 0 Å². The molecular formula is C19H19FO3. The highest BCUT2D eigenvalue weighted by Crippen LogP contribution is 2.23. The SMILES string of the molecule is Cc1ccc(/C(=C/c2cccc(OC(C)C)c2)C(=O)O)cc1F. The van der Waals surface area contributed by atoms with Crippen molar-refractivity contribution in [2.75, 3.05) is 0 Å². The minimum absolute atomic E-state index is 0.0272. The molecule has 0 aliphatic heterocycles. The van der Waals surface area contributed by atoms with Gasteiger partial charge in [-0.1, -0.05) is 24.3 Å². The lowest BCUT2D eigenvalue weighted by molar-refractivity contribution is -0.130. The van der Waals surface area contributed by atoms with Gasteiger partial charge in [-0.25, -0.2) is 9.18 Å². The van der Waals surface area contributed by atoms with Crippen LogP contribution in [-0.2, 0) is 4.79 Å². The predicted molar refractivity (Wildman–Crippen MR) is 88.8 cm³/mol. The van der Waals surface area contributed by atoms with E-state index in [0.717, 1.165) is 0 Å². The zero-order valence-corrected chi connectivity index (χ0v) is 13.3. The molecule has 23 heavy (non-hydrogen) atoms. The number of carboxylic acids is 1. The second-order valence-electron chi connectivity index (χ2n) is 5.57. The van der Waals surface area contributed by atoms with E-state index >= 15 is 0 Å². The Morgan fingerprint density at radius 2 is 1.96 bits per heavy atom. The van der Waals surface area contributed by atoms with E-state index in [1.54, 1.807) is 37.3 Å². The maximum atomic E-state index is 13.7. The highest BCUT2D eigenvalue weighted by atomic mass is 19.1. The molecule has 4 heteroatoms. The van der Waals surface area contributed by atoms with Gasteiger partial charge in [0, 0.05) is 0 Å². The number of benzene rings is 2. The van der Waals surface area contributed by atoms with Crippen molar-refractivity contribution in [2.24, 2.45) is 0 Å². The lowest BCUT2D eigenvalue weighted by Crippen LogP contribution is -2.05. The van der Waals surface area contributed by atoms with Crippen LogP contribution >= 0.6 is 0 Å². The van der Waals surface area contributed by atoms with Gasteiger partial charge in [-0.3, -0.25) is 0 Å². The Morgan fingerprint density at radius 1 is 1.22 bits per heavy atom. The zero-order valence-electron chi connectivity index (χ0n) is 13.3. The molecule has 2 rings (SSSR count). The molecule has 0 heterocycles. The first-order valence-corrected chi connectivity index (χ1v) is 7.35. The number of ether oxygens (including phenoxy) is 1. The van der Waals surface area contributed by atoms with E-state index in [4.69, 9.17) is 4.74 Å². The van der Waals surface area contributed by atoms with Crippen molar-refractivity contribution in [2.45, 2.75) is 26.9 Å². The predicted octanol–water partition coefficient (Wildman–Crippen LogP) is 4.55.